The molecule has 20 heavy (non-hydrogen) atoms. The van der Waals surface area contributed by atoms with Gasteiger partial charge in [0.2, 0.25) is 0 Å². The molecule has 3 N–H and O–H groups in total. The van der Waals surface area contributed by atoms with Crippen LogP contribution >= 0.6 is 11.3 Å². The summed E-state index contributed by atoms with van der Waals surface area (Å²) in [5.41, 5.74) is 3.03. The number of hydrogen-bond acceptors (Lipinski definition) is 4. The Hall–Kier alpha value is -0.660. The van der Waals surface area contributed by atoms with Crippen molar-refractivity contribution in [3.8, 4) is 0 Å². The molecule has 3 nitrogen and oxygen atoms in total. The molecule has 0 fully saturated rings. The van der Waals surface area contributed by atoms with E-state index in [1.54, 1.807) is 5.38 Å². The number of aliphatic hydroxyl groups is 1. The largest absolute Gasteiger partial charge is 0.419 e. The number of aromatic nitrogens is 1. The number of hydrogen-bond donors (Lipinski definition) is 2. The highest BCUT2D eigenvalue weighted by atomic mass is 32.1. The first kappa shape index (κ1) is 17.4. The number of nitrogens with zero attached hydrogens (tertiary/aromatic N) is 1. The quantitative estimate of drug-likeness (QED) is 0.899. The molecule has 2 atom stereocenters. The van der Waals surface area contributed by atoms with Gasteiger partial charge in [-0.3, -0.25) is 0 Å². The Morgan fingerprint density at radius 3 is 2.25 bits per heavy atom. The van der Waals surface area contributed by atoms with Crippen LogP contribution in [-0.4, -0.2) is 27.9 Å². The predicted molar refractivity (Wildman–Crippen MR) is 73.8 cm³/mol. The van der Waals surface area contributed by atoms with Crippen molar-refractivity contribution in [3.05, 3.63) is 16.1 Å². The molecule has 0 bridgehead atoms. The maximum atomic E-state index is 13.1. The molecule has 1 heterocycles. The van der Waals surface area contributed by atoms with Crippen molar-refractivity contribution >= 4 is 11.3 Å². The van der Waals surface area contributed by atoms with Gasteiger partial charge in [-0.15, -0.1) is 11.3 Å². The maximum Gasteiger partial charge on any atom is 0.419 e. The molecule has 0 aliphatic rings. The lowest BCUT2D eigenvalue weighted by Crippen LogP contribution is -2.59. The molecule has 1 aromatic heterocycles. The Morgan fingerprint density at radius 2 is 1.90 bits per heavy atom. The van der Waals surface area contributed by atoms with Gasteiger partial charge in [-0.25, -0.2) is 4.98 Å². The van der Waals surface area contributed by atoms with E-state index < -0.39 is 24.2 Å². The molecule has 1 aromatic rings. The van der Waals surface area contributed by atoms with Crippen molar-refractivity contribution in [2.45, 2.75) is 63.8 Å². The van der Waals surface area contributed by atoms with Gasteiger partial charge in [0.15, 0.2) is 5.60 Å². The van der Waals surface area contributed by atoms with Crippen LogP contribution in [0.5, 0.6) is 0 Å². The molecule has 116 valence electrons. The SMILES string of the molecule is CCC(N)C(O)(Cc1nc(C(C)(C)C)cs1)C(F)(F)F. The summed E-state index contributed by atoms with van der Waals surface area (Å²) in [6.07, 6.45) is -5.35. The molecule has 0 saturated heterocycles. The van der Waals surface area contributed by atoms with Crippen LogP contribution in [-0.2, 0) is 11.8 Å². The highest BCUT2D eigenvalue weighted by molar-refractivity contribution is 7.09. The smallest absolute Gasteiger partial charge is 0.379 e. The van der Waals surface area contributed by atoms with E-state index in [2.05, 4.69) is 4.98 Å². The fourth-order valence-corrected chi connectivity index (χ4v) is 2.85. The van der Waals surface area contributed by atoms with Crippen molar-refractivity contribution in [2.24, 2.45) is 5.73 Å². The Labute approximate surface area is 121 Å². The van der Waals surface area contributed by atoms with Crippen LogP contribution in [0.1, 0.15) is 44.8 Å². The van der Waals surface area contributed by atoms with E-state index in [4.69, 9.17) is 5.73 Å². The van der Waals surface area contributed by atoms with Gasteiger partial charge < -0.3 is 10.8 Å². The lowest BCUT2D eigenvalue weighted by Gasteiger charge is -2.34. The second kappa shape index (κ2) is 5.61. The fraction of sp³-hybridized carbons (Fsp3) is 0.769. The summed E-state index contributed by atoms with van der Waals surface area (Å²) in [5, 5.41) is 12.0. The van der Waals surface area contributed by atoms with E-state index in [0.29, 0.717) is 5.69 Å². The first-order chi connectivity index (χ1) is 8.91. The van der Waals surface area contributed by atoms with Gasteiger partial charge in [-0.2, -0.15) is 13.2 Å². The van der Waals surface area contributed by atoms with Crippen molar-refractivity contribution < 1.29 is 18.3 Å². The van der Waals surface area contributed by atoms with E-state index in [9.17, 15) is 18.3 Å². The zero-order valence-electron chi connectivity index (χ0n) is 12.1. The number of alkyl halides is 3. The third-order valence-corrected chi connectivity index (χ3v) is 4.13. The average molecular weight is 310 g/mol. The molecule has 0 saturated carbocycles. The first-order valence-corrected chi connectivity index (χ1v) is 7.29. The molecule has 7 heteroatoms. The van der Waals surface area contributed by atoms with Gasteiger partial charge in [-0.05, 0) is 6.42 Å². The monoisotopic (exact) mass is 310 g/mol. The third-order valence-electron chi connectivity index (χ3n) is 3.29. The lowest BCUT2D eigenvalue weighted by atomic mass is 9.88. The van der Waals surface area contributed by atoms with E-state index in [0.717, 1.165) is 11.3 Å². The van der Waals surface area contributed by atoms with E-state index in [1.807, 2.05) is 20.8 Å². The van der Waals surface area contributed by atoms with E-state index in [1.165, 1.54) is 6.92 Å². The van der Waals surface area contributed by atoms with Crippen molar-refractivity contribution in [1.29, 1.82) is 0 Å². The fourth-order valence-electron chi connectivity index (χ4n) is 1.75. The number of halogens is 3. The molecule has 0 aliphatic heterocycles. The Morgan fingerprint density at radius 1 is 1.35 bits per heavy atom. The first-order valence-electron chi connectivity index (χ1n) is 6.41. The summed E-state index contributed by atoms with van der Waals surface area (Å²) in [7, 11) is 0. The standard InChI is InChI=1S/C13H21F3N2OS/c1-5-8(17)12(19,13(14,15)16)6-10-18-9(7-20-10)11(2,3)4/h7-8,19H,5-6,17H2,1-4H3. The van der Waals surface area contributed by atoms with Crippen LogP contribution in [0.2, 0.25) is 0 Å². The van der Waals surface area contributed by atoms with Gasteiger partial charge >= 0.3 is 6.18 Å². The van der Waals surface area contributed by atoms with Crippen LogP contribution in [0, 0.1) is 0 Å². The Bertz CT molecular complexity index is 453. The molecule has 0 aromatic carbocycles. The third kappa shape index (κ3) is 3.51. The lowest BCUT2D eigenvalue weighted by molar-refractivity contribution is -0.267. The molecular formula is C13H21F3N2OS. The van der Waals surface area contributed by atoms with Crippen LogP contribution in [0.25, 0.3) is 0 Å². The van der Waals surface area contributed by atoms with Gasteiger partial charge in [0, 0.05) is 23.3 Å². The molecule has 2 unspecified atom stereocenters. The molecule has 0 amide bonds. The van der Waals surface area contributed by atoms with Crippen molar-refractivity contribution in [3.63, 3.8) is 0 Å². The molecule has 0 radical (unpaired) electrons. The summed E-state index contributed by atoms with van der Waals surface area (Å²) < 4.78 is 39.3. The highest BCUT2D eigenvalue weighted by Crippen LogP contribution is 2.37. The Kier molecular flexibility index (Phi) is 4.88. The normalized spacial score (nSPS) is 17.9. The summed E-state index contributed by atoms with van der Waals surface area (Å²) in [6, 6.07) is -1.37. The minimum Gasteiger partial charge on any atom is -0.379 e. The zero-order chi connectivity index (χ0) is 15.8. The van der Waals surface area contributed by atoms with Gasteiger partial charge in [0.1, 0.15) is 0 Å². The summed E-state index contributed by atoms with van der Waals surface area (Å²) in [5.74, 6) is 0. The summed E-state index contributed by atoms with van der Waals surface area (Å²) in [4.78, 5) is 4.20. The predicted octanol–water partition coefficient (Wildman–Crippen LogP) is 3.01. The zero-order valence-corrected chi connectivity index (χ0v) is 12.9. The topological polar surface area (TPSA) is 59.1 Å². The van der Waals surface area contributed by atoms with Crippen LogP contribution in [0.15, 0.2) is 5.38 Å². The van der Waals surface area contributed by atoms with E-state index in [-0.39, 0.29) is 16.8 Å². The molecule has 1 rings (SSSR count). The van der Waals surface area contributed by atoms with Gasteiger partial charge in [-0.1, -0.05) is 27.7 Å². The summed E-state index contributed by atoms with van der Waals surface area (Å²) in [6.45, 7) is 7.31. The number of rotatable bonds is 4. The van der Waals surface area contributed by atoms with Crippen LogP contribution < -0.4 is 5.73 Å². The maximum absolute atomic E-state index is 13.1. The van der Waals surface area contributed by atoms with Gasteiger partial charge in [0.05, 0.1) is 10.7 Å². The van der Waals surface area contributed by atoms with Crippen LogP contribution in [0.3, 0.4) is 0 Å². The molecule has 0 spiro atoms. The highest BCUT2D eigenvalue weighted by Gasteiger charge is 2.57. The second-order valence-corrected chi connectivity index (χ2v) is 6.93. The number of thiazole rings is 1. The molecule has 0 aliphatic carbocycles. The minimum atomic E-state index is -4.78. The van der Waals surface area contributed by atoms with Gasteiger partial charge in [0.25, 0.3) is 0 Å². The van der Waals surface area contributed by atoms with Crippen molar-refractivity contribution in [1.82, 2.24) is 4.98 Å². The number of nitrogens with two attached hydrogens (primary N) is 1. The van der Waals surface area contributed by atoms with Crippen molar-refractivity contribution in [2.75, 3.05) is 0 Å². The Balaban J connectivity index is 3.06. The second-order valence-electron chi connectivity index (χ2n) is 5.99. The van der Waals surface area contributed by atoms with Crippen LogP contribution in [0.4, 0.5) is 13.2 Å². The average Bonchev–Trinajstić information content (AvgIpc) is 2.74. The summed E-state index contributed by atoms with van der Waals surface area (Å²) >= 11 is 1.12. The minimum absolute atomic E-state index is 0.0352. The molecular weight excluding hydrogens is 289 g/mol. The van der Waals surface area contributed by atoms with E-state index >= 15 is 0 Å².